The Hall–Kier alpha value is -3.16. The van der Waals surface area contributed by atoms with Gasteiger partial charge in [0, 0.05) is 0 Å². The van der Waals surface area contributed by atoms with E-state index >= 15 is 0 Å². The van der Waals surface area contributed by atoms with Gasteiger partial charge < -0.3 is 4.74 Å². The molecule has 0 aromatic heterocycles. The zero-order valence-corrected chi connectivity index (χ0v) is 17.0. The smallest absolute Gasteiger partial charge is 0.0832 e. The van der Waals surface area contributed by atoms with Crippen molar-refractivity contribution in [3.05, 3.63) is 108 Å². The van der Waals surface area contributed by atoms with E-state index in [-0.39, 0.29) is 6.10 Å². The summed E-state index contributed by atoms with van der Waals surface area (Å²) in [5, 5.41) is 7.83. The molecule has 146 valence electrons. The molecule has 0 fully saturated rings. The Morgan fingerprint density at radius 2 is 1.40 bits per heavy atom. The van der Waals surface area contributed by atoms with Crippen molar-refractivity contribution in [2.45, 2.75) is 32.0 Å². The highest BCUT2D eigenvalue weighted by Crippen LogP contribution is 2.36. The molecule has 1 heteroatoms. The summed E-state index contributed by atoms with van der Waals surface area (Å²) < 4.78 is 6.56. The first kappa shape index (κ1) is 17.7. The van der Waals surface area contributed by atoms with Gasteiger partial charge in [0.2, 0.25) is 0 Å². The van der Waals surface area contributed by atoms with Crippen molar-refractivity contribution >= 4 is 32.3 Å². The third-order valence-electron chi connectivity index (χ3n) is 6.61. The molecule has 1 unspecified atom stereocenters. The SMILES string of the molecule is c1ccc2c(c1)CCCC2OCc1cc2c3ccccc3ccc2c2ccccc12. The summed E-state index contributed by atoms with van der Waals surface area (Å²) in [4.78, 5) is 0. The average Bonchev–Trinajstić information content (AvgIpc) is 2.82. The van der Waals surface area contributed by atoms with Gasteiger partial charge in [-0.1, -0.05) is 84.9 Å². The Bertz CT molecular complexity index is 1380. The standard InChI is InChI=1S/C29H24O/c1-3-11-23-21(9-1)16-17-27-26-14-6-5-12-24(26)22(18-28(23)27)19-30-29-15-7-10-20-8-2-4-13-25(20)29/h1-6,8-9,11-14,16-18,29H,7,10,15,19H2. The number of hydrogen-bond acceptors (Lipinski definition) is 1. The molecule has 0 bridgehead atoms. The zero-order chi connectivity index (χ0) is 19.9. The van der Waals surface area contributed by atoms with E-state index < -0.39 is 0 Å². The minimum absolute atomic E-state index is 0.192. The van der Waals surface area contributed by atoms with E-state index in [9.17, 15) is 0 Å². The molecular weight excluding hydrogens is 364 g/mol. The van der Waals surface area contributed by atoms with E-state index in [1.807, 2.05) is 0 Å². The number of benzene rings is 5. The van der Waals surface area contributed by atoms with Crippen LogP contribution in [-0.2, 0) is 17.8 Å². The van der Waals surface area contributed by atoms with Gasteiger partial charge in [-0.3, -0.25) is 0 Å². The van der Waals surface area contributed by atoms with Crippen molar-refractivity contribution in [2.24, 2.45) is 0 Å². The first-order valence-electron chi connectivity index (χ1n) is 10.9. The van der Waals surface area contributed by atoms with Crippen LogP contribution in [0.4, 0.5) is 0 Å². The maximum Gasteiger partial charge on any atom is 0.0832 e. The molecule has 0 amide bonds. The molecule has 0 N–H and O–H groups in total. The van der Waals surface area contributed by atoms with Gasteiger partial charge in [0.05, 0.1) is 12.7 Å². The molecular formula is C29H24O. The lowest BCUT2D eigenvalue weighted by Gasteiger charge is -2.26. The second kappa shape index (κ2) is 7.27. The molecule has 0 saturated carbocycles. The van der Waals surface area contributed by atoms with Gasteiger partial charge in [-0.05, 0) is 74.3 Å². The van der Waals surface area contributed by atoms with Crippen LogP contribution in [0.3, 0.4) is 0 Å². The predicted octanol–water partition coefficient (Wildman–Crippen LogP) is 7.74. The average molecular weight is 389 g/mol. The number of aryl methyl sites for hydroxylation is 1. The summed E-state index contributed by atoms with van der Waals surface area (Å²) in [6.07, 6.45) is 3.66. The molecule has 6 rings (SSSR count). The number of fused-ring (bicyclic) bond motifs is 6. The van der Waals surface area contributed by atoms with E-state index in [4.69, 9.17) is 4.74 Å². The van der Waals surface area contributed by atoms with Crippen LogP contribution in [0, 0.1) is 0 Å². The third kappa shape index (κ3) is 2.89. The Labute approximate surface area is 176 Å². The summed E-state index contributed by atoms with van der Waals surface area (Å²) in [5.41, 5.74) is 4.10. The van der Waals surface area contributed by atoms with E-state index in [2.05, 4.69) is 91.0 Å². The molecule has 30 heavy (non-hydrogen) atoms. The lowest BCUT2D eigenvalue weighted by molar-refractivity contribution is 0.0289. The molecule has 5 aromatic rings. The first-order chi connectivity index (χ1) is 14.9. The first-order valence-corrected chi connectivity index (χ1v) is 10.9. The fraction of sp³-hybridized carbons (Fsp3) is 0.172. The maximum absolute atomic E-state index is 6.56. The van der Waals surface area contributed by atoms with Gasteiger partial charge in [-0.15, -0.1) is 0 Å². The number of hydrogen-bond donors (Lipinski definition) is 0. The van der Waals surface area contributed by atoms with Gasteiger partial charge in [-0.25, -0.2) is 0 Å². The van der Waals surface area contributed by atoms with Crippen molar-refractivity contribution < 1.29 is 4.74 Å². The highest BCUT2D eigenvalue weighted by Gasteiger charge is 2.20. The Kier molecular flexibility index (Phi) is 4.28. The largest absolute Gasteiger partial charge is 0.369 e. The van der Waals surface area contributed by atoms with Crippen molar-refractivity contribution in [1.82, 2.24) is 0 Å². The van der Waals surface area contributed by atoms with Crippen molar-refractivity contribution in [2.75, 3.05) is 0 Å². The summed E-state index contributed by atoms with van der Waals surface area (Å²) in [6, 6.07) is 33.0. The van der Waals surface area contributed by atoms with Crippen LogP contribution in [0.1, 0.15) is 35.6 Å². The van der Waals surface area contributed by atoms with Crippen molar-refractivity contribution in [3.63, 3.8) is 0 Å². The molecule has 0 aliphatic heterocycles. The van der Waals surface area contributed by atoms with Crippen LogP contribution in [0.25, 0.3) is 32.3 Å². The predicted molar refractivity (Wildman–Crippen MR) is 126 cm³/mol. The minimum atomic E-state index is 0.192. The lowest BCUT2D eigenvalue weighted by Crippen LogP contribution is -2.12. The molecule has 0 heterocycles. The normalized spacial score (nSPS) is 16.2. The molecule has 1 atom stereocenters. The van der Waals surface area contributed by atoms with Gasteiger partial charge in [0.15, 0.2) is 0 Å². The van der Waals surface area contributed by atoms with Crippen LogP contribution in [0.5, 0.6) is 0 Å². The molecule has 0 radical (unpaired) electrons. The second-order valence-corrected chi connectivity index (χ2v) is 8.35. The monoisotopic (exact) mass is 388 g/mol. The number of rotatable bonds is 3. The van der Waals surface area contributed by atoms with E-state index in [0.717, 1.165) is 6.42 Å². The molecule has 0 spiro atoms. The van der Waals surface area contributed by atoms with Crippen LogP contribution < -0.4 is 0 Å². The van der Waals surface area contributed by atoms with Gasteiger partial charge >= 0.3 is 0 Å². The molecule has 1 nitrogen and oxygen atoms in total. The Morgan fingerprint density at radius 3 is 2.33 bits per heavy atom. The van der Waals surface area contributed by atoms with Crippen molar-refractivity contribution in [3.8, 4) is 0 Å². The summed E-state index contributed by atoms with van der Waals surface area (Å²) in [7, 11) is 0. The zero-order valence-electron chi connectivity index (χ0n) is 17.0. The van der Waals surface area contributed by atoms with Gasteiger partial charge in [0.25, 0.3) is 0 Å². The van der Waals surface area contributed by atoms with E-state index in [0.29, 0.717) is 6.61 Å². The Balaban J connectivity index is 1.47. The quantitative estimate of drug-likeness (QED) is 0.287. The number of ether oxygens (including phenoxy) is 1. The van der Waals surface area contributed by atoms with Gasteiger partial charge in [-0.2, -0.15) is 0 Å². The van der Waals surface area contributed by atoms with Crippen LogP contribution in [0.15, 0.2) is 91.0 Å². The summed E-state index contributed by atoms with van der Waals surface area (Å²) in [5.74, 6) is 0. The summed E-state index contributed by atoms with van der Waals surface area (Å²) in [6.45, 7) is 0.638. The second-order valence-electron chi connectivity index (χ2n) is 8.35. The van der Waals surface area contributed by atoms with Crippen LogP contribution in [-0.4, -0.2) is 0 Å². The fourth-order valence-corrected chi connectivity index (χ4v) is 5.13. The topological polar surface area (TPSA) is 9.23 Å². The van der Waals surface area contributed by atoms with E-state index in [1.54, 1.807) is 0 Å². The molecule has 5 aromatic carbocycles. The van der Waals surface area contributed by atoms with Crippen LogP contribution >= 0.6 is 0 Å². The molecule has 1 aliphatic rings. The summed E-state index contributed by atoms with van der Waals surface area (Å²) >= 11 is 0. The fourth-order valence-electron chi connectivity index (χ4n) is 5.13. The lowest BCUT2D eigenvalue weighted by atomic mass is 9.89. The third-order valence-corrected chi connectivity index (χ3v) is 6.61. The van der Waals surface area contributed by atoms with Crippen molar-refractivity contribution in [1.29, 1.82) is 0 Å². The molecule has 0 saturated heterocycles. The van der Waals surface area contributed by atoms with Crippen LogP contribution in [0.2, 0.25) is 0 Å². The minimum Gasteiger partial charge on any atom is -0.369 e. The Morgan fingerprint density at radius 1 is 0.667 bits per heavy atom. The highest BCUT2D eigenvalue weighted by atomic mass is 16.5. The highest BCUT2D eigenvalue weighted by molar-refractivity contribution is 6.18. The van der Waals surface area contributed by atoms with Gasteiger partial charge in [0.1, 0.15) is 0 Å². The van der Waals surface area contributed by atoms with E-state index in [1.165, 1.54) is 61.8 Å². The molecule has 1 aliphatic carbocycles. The maximum atomic E-state index is 6.56.